The molecule has 2 heterocycles. The quantitative estimate of drug-likeness (QED) is 0.363. The van der Waals surface area contributed by atoms with Gasteiger partial charge in [0.25, 0.3) is 0 Å². The molecule has 2 aliphatic heterocycles. The molecular formula is C29H44N4O9. The number of rotatable bonds is 10. The van der Waals surface area contributed by atoms with Gasteiger partial charge in [0.2, 0.25) is 23.5 Å². The van der Waals surface area contributed by atoms with E-state index >= 15 is 0 Å². The number of nitrogens with one attached hydrogen (secondary N) is 1. The van der Waals surface area contributed by atoms with Gasteiger partial charge in [-0.2, -0.15) is 0 Å². The molecule has 0 radical (unpaired) electrons. The largest absolute Gasteiger partial charge is 0.493 e. The van der Waals surface area contributed by atoms with Crippen molar-refractivity contribution in [2.45, 2.75) is 89.1 Å². The van der Waals surface area contributed by atoms with Gasteiger partial charge in [-0.1, -0.05) is 0 Å². The fourth-order valence-corrected chi connectivity index (χ4v) is 5.77. The van der Waals surface area contributed by atoms with Gasteiger partial charge in [0.1, 0.15) is 23.2 Å². The summed E-state index contributed by atoms with van der Waals surface area (Å²) in [5, 5.41) is 12.8. The van der Waals surface area contributed by atoms with Crippen molar-refractivity contribution in [1.82, 2.24) is 15.1 Å². The Morgan fingerprint density at radius 3 is 2.19 bits per heavy atom. The number of benzene rings is 1. The first kappa shape index (κ1) is 32.8. The third-order valence-corrected chi connectivity index (χ3v) is 7.68. The first-order valence-corrected chi connectivity index (χ1v) is 14.1. The molecule has 13 nitrogen and oxygen atoms in total. The van der Waals surface area contributed by atoms with Crippen LogP contribution in [-0.2, 0) is 25.5 Å². The summed E-state index contributed by atoms with van der Waals surface area (Å²) in [4.78, 5) is 56.1. The lowest BCUT2D eigenvalue weighted by atomic mass is 9.86. The van der Waals surface area contributed by atoms with Crippen molar-refractivity contribution >= 4 is 23.8 Å². The van der Waals surface area contributed by atoms with Crippen LogP contribution in [0.1, 0.15) is 58.9 Å². The monoisotopic (exact) mass is 592 g/mol. The molecule has 42 heavy (non-hydrogen) atoms. The van der Waals surface area contributed by atoms with Crippen LogP contribution in [0.4, 0.5) is 4.79 Å². The van der Waals surface area contributed by atoms with E-state index in [1.165, 1.54) is 38.1 Å². The minimum Gasteiger partial charge on any atom is -0.493 e. The summed E-state index contributed by atoms with van der Waals surface area (Å²) < 4.78 is 21.6. The lowest BCUT2D eigenvalue weighted by Crippen LogP contribution is -2.62. The van der Waals surface area contributed by atoms with Crippen molar-refractivity contribution in [2.24, 2.45) is 5.73 Å². The van der Waals surface area contributed by atoms with Crippen LogP contribution in [-0.4, -0.2) is 102 Å². The molecule has 13 heteroatoms. The fourth-order valence-electron chi connectivity index (χ4n) is 5.77. The maximum atomic E-state index is 14.1. The Labute approximate surface area is 246 Å². The molecule has 1 aromatic rings. The number of methoxy groups -OCH3 is 3. The zero-order chi connectivity index (χ0) is 31.4. The molecule has 4 atom stereocenters. The predicted molar refractivity (Wildman–Crippen MR) is 152 cm³/mol. The van der Waals surface area contributed by atoms with Crippen LogP contribution in [0.3, 0.4) is 0 Å². The van der Waals surface area contributed by atoms with Gasteiger partial charge in [0.05, 0.1) is 27.4 Å². The number of carbonyl (C=O) groups excluding carboxylic acids is 4. The lowest BCUT2D eigenvalue weighted by Gasteiger charge is -2.39. The number of hydrogen-bond donors (Lipinski definition) is 3. The maximum Gasteiger partial charge on any atom is 0.408 e. The first-order valence-electron chi connectivity index (χ1n) is 14.1. The van der Waals surface area contributed by atoms with Crippen LogP contribution >= 0.6 is 0 Å². The molecule has 4 N–H and O–H groups in total. The van der Waals surface area contributed by atoms with E-state index in [4.69, 9.17) is 24.7 Å². The van der Waals surface area contributed by atoms with E-state index in [-0.39, 0.29) is 19.5 Å². The Morgan fingerprint density at radius 1 is 1.07 bits per heavy atom. The number of likely N-dealkylation sites (tertiary alicyclic amines) is 2. The van der Waals surface area contributed by atoms with Crippen LogP contribution in [0.25, 0.3) is 0 Å². The fraction of sp³-hybridized carbons (Fsp3) is 0.655. The number of primary amides is 1. The van der Waals surface area contributed by atoms with Crippen LogP contribution in [0.5, 0.6) is 17.2 Å². The molecule has 1 aromatic carbocycles. The van der Waals surface area contributed by atoms with Crippen molar-refractivity contribution < 1.29 is 43.2 Å². The normalized spacial score (nSPS) is 21.9. The number of aliphatic hydroxyl groups excluding tert-OH is 1. The molecule has 4 amide bonds. The second-order valence-corrected chi connectivity index (χ2v) is 11.8. The van der Waals surface area contributed by atoms with E-state index in [1.54, 1.807) is 32.9 Å². The van der Waals surface area contributed by atoms with Gasteiger partial charge >= 0.3 is 6.09 Å². The topological polar surface area (TPSA) is 170 Å². The summed E-state index contributed by atoms with van der Waals surface area (Å²) in [5.41, 5.74) is 4.49. The molecule has 0 aromatic heterocycles. The average molecular weight is 593 g/mol. The van der Waals surface area contributed by atoms with Crippen LogP contribution in [0.2, 0.25) is 0 Å². The summed E-state index contributed by atoms with van der Waals surface area (Å²) >= 11 is 0. The highest BCUT2D eigenvalue weighted by Gasteiger charge is 2.52. The highest BCUT2D eigenvalue weighted by Crippen LogP contribution is 2.41. The van der Waals surface area contributed by atoms with E-state index in [0.29, 0.717) is 48.5 Å². The van der Waals surface area contributed by atoms with Crippen LogP contribution in [0.15, 0.2) is 12.1 Å². The molecule has 2 aliphatic rings. The molecule has 2 fully saturated rings. The zero-order valence-electron chi connectivity index (χ0n) is 25.5. The molecular weight excluding hydrogens is 548 g/mol. The SMILES string of the molecule is COc1cc(CC2(C(N)=O)CCCN2C(=O)C2CCCN2C(=O)C(NC(=O)OC(C)(C)C)C(C)O)cc(OC)c1OC. The second-order valence-electron chi connectivity index (χ2n) is 11.8. The minimum atomic E-state index is -1.35. The average Bonchev–Trinajstić information content (AvgIpc) is 3.57. The Balaban J connectivity index is 1.90. The molecule has 2 saturated heterocycles. The molecule has 0 aliphatic carbocycles. The highest BCUT2D eigenvalue weighted by atomic mass is 16.6. The van der Waals surface area contributed by atoms with Crippen molar-refractivity contribution in [3.8, 4) is 17.2 Å². The molecule has 0 spiro atoms. The van der Waals surface area contributed by atoms with E-state index in [1.807, 2.05) is 0 Å². The standard InChI is InChI=1S/C29H44N4O9/c1-17(34)22(31-27(38)42-28(2,3)4)25(36)32-12-8-10-19(32)24(35)33-13-9-11-29(33,26(30)37)16-18-14-20(39-5)23(41-7)21(15-18)40-6/h14-15,17,19,22,34H,8-13,16H2,1-7H3,(H2,30,37)(H,31,38). The van der Waals surface area contributed by atoms with Crippen molar-refractivity contribution in [3.05, 3.63) is 17.7 Å². The summed E-state index contributed by atoms with van der Waals surface area (Å²) in [6.45, 7) is 6.95. The molecule has 4 unspecified atom stereocenters. The molecule has 0 saturated carbocycles. The summed E-state index contributed by atoms with van der Waals surface area (Å²) in [7, 11) is 4.46. The van der Waals surface area contributed by atoms with Crippen molar-refractivity contribution in [1.29, 1.82) is 0 Å². The third-order valence-electron chi connectivity index (χ3n) is 7.68. The highest BCUT2D eigenvalue weighted by molar-refractivity contribution is 5.96. The zero-order valence-corrected chi connectivity index (χ0v) is 25.5. The molecule has 234 valence electrons. The Bertz CT molecular complexity index is 1160. The predicted octanol–water partition coefficient (Wildman–Crippen LogP) is 1.37. The van der Waals surface area contributed by atoms with E-state index in [2.05, 4.69) is 5.32 Å². The lowest BCUT2D eigenvalue weighted by molar-refractivity contribution is -0.151. The van der Waals surface area contributed by atoms with Gasteiger partial charge in [-0.25, -0.2) is 4.79 Å². The molecule has 3 rings (SSSR count). The van der Waals surface area contributed by atoms with Crippen molar-refractivity contribution in [3.63, 3.8) is 0 Å². The Kier molecular flexibility index (Phi) is 10.2. The first-order chi connectivity index (χ1) is 19.7. The number of alkyl carbamates (subject to hydrolysis) is 1. The van der Waals surface area contributed by atoms with E-state index in [0.717, 1.165) is 0 Å². The smallest absolute Gasteiger partial charge is 0.408 e. The second kappa shape index (κ2) is 13.1. The minimum absolute atomic E-state index is 0.0992. The van der Waals surface area contributed by atoms with Gasteiger partial charge in [-0.15, -0.1) is 0 Å². The number of ether oxygens (including phenoxy) is 4. The Morgan fingerprint density at radius 2 is 1.69 bits per heavy atom. The van der Waals surface area contributed by atoms with Gasteiger partial charge in [-0.3, -0.25) is 14.4 Å². The summed E-state index contributed by atoms with van der Waals surface area (Å²) in [6, 6.07) is 1.21. The van der Waals surface area contributed by atoms with E-state index in [9.17, 15) is 24.3 Å². The number of nitrogens with two attached hydrogens (primary N) is 1. The van der Waals surface area contributed by atoms with Gasteiger partial charge in [-0.05, 0) is 71.1 Å². The number of nitrogens with zero attached hydrogens (tertiary/aromatic N) is 2. The van der Waals surface area contributed by atoms with Gasteiger partial charge in [0, 0.05) is 19.5 Å². The van der Waals surface area contributed by atoms with Crippen LogP contribution in [0, 0.1) is 0 Å². The van der Waals surface area contributed by atoms with Gasteiger partial charge in [0.15, 0.2) is 11.5 Å². The summed E-state index contributed by atoms with van der Waals surface area (Å²) in [5.74, 6) is -0.491. The maximum absolute atomic E-state index is 14.1. The summed E-state index contributed by atoms with van der Waals surface area (Å²) in [6.07, 6.45) is -0.246. The van der Waals surface area contributed by atoms with Crippen LogP contribution < -0.4 is 25.3 Å². The number of carbonyl (C=O) groups is 4. The number of amides is 4. The third kappa shape index (κ3) is 6.83. The Hall–Kier alpha value is -3.74. The van der Waals surface area contributed by atoms with Crippen molar-refractivity contribution in [2.75, 3.05) is 34.4 Å². The van der Waals surface area contributed by atoms with E-state index < -0.39 is 53.1 Å². The number of hydrogen-bond acceptors (Lipinski definition) is 9. The van der Waals surface area contributed by atoms with Gasteiger partial charge < -0.3 is 44.9 Å². The number of aliphatic hydroxyl groups is 1. The molecule has 0 bridgehead atoms.